The van der Waals surface area contributed by atoms with E-state index in [1.807, 2.05) is 58.1 Å². The quantitative estimate of drug-likeness (QED) is 0.0978. The fraction of sp³-hybridized carbons (Fsp3) is 0.755. The van der Waals surface area contributed by atoms with E-state index < -0.39 is 85.1 Å². The number of carbonyl (C=O) groups excluding carboxylic acids is 5. The zero-order valence-electron chi connectivity index (χ0n) is 43.3. The standard InChI is InChI=1S/C53H84NO14P/c1-33-17-13-12-14-18-34(2)45(63-8)31-42-21-20-39(7)53(61,67-42)50(58)51(59)54-27-16-15-19-43(54)52(60)66-46(35(3)26-28-65-40-22-24-41(25-23-40)68-69(10,11)62)32-44(55)36(4)30-38(6)48(57)49(64-9)47(56)37(5)29-33/h12-14,17-18,30,33,35-37,39-43,45-46,48-49,57,61H,15-16,19-29,31-32H2,1-11H3/b14-12?,17-13+,34-18?,38-30+/t33-,35-,36-,37-,39-,40?,41?,42+,43+,45+,46+,48-,49+,53-/m1/s1. The van der Waals surface area contributed by atoms with Crippen LogP contribution in [0.2, 0.25) is 0 Å². The molecule has 0 aromatic rings. The Morgan fingerprint density at radius 2 is 1.55 bits per heavy atom. The average molecular weight is 990 g/mol. The van der Waals surface area contributed by atoms with Crippen LogP contribution in [0.1, 0.15) is 132 Å². The van der Waals surface area contributed by atoms with Gasteiger partial charge in [-0.1, -0.05) is 71.1 Å². The van der Waals surface area contributed by atoms with Crippen LogP contribution in [-0.4, -0.2) is 140 Å². The van der Waals surface area contributed by atoms with Crippen molar-refractivity contribution >= 4 is 36.6 Å². The predicted octanol–water partition coefficient (Wildman–Crippen LogP) is 7.89. The van der Waals surface area contributed by atoms with Gasteiger partial charge in [-0.15, -0.1) is 0 Å². The molecule has 16 heteroatoms. The fourth-order valence-electron chi connectivity index (χ4n) is 10.0. The van der Waals surface area contributed by atoms with E-state index in [9.17, 15) is 38.8 Å². The molecule has 4 rings (SSSR count). The molecule has 0 unspecified atom stereocenters. The second kappa shape index (κ2) is 27.1. The summed E-state index contributed by atoms with van der Waals surface area (Å²) in [4.78, 5) is 71.9. The van der Waals surface area contributed by atoms with E-state index in [0.29, 0.717) is 57.1 Å². The smallest absolute Gasteiger partial charge is 0.329 e. The van der Waals surface area contributed by atoms with Crippen molar-refractivity contribution in [3.05, 3.63) is 47.6 Å². The molecular formula is C53H84NO14P. The van der Waals surface area contributed by atoms with Crippen molar-refractivity contribution in [2.45, 2.75) is 186 Å². The van der Waals surface area contributed by atoms with Crippen LogP contribution in [0.5, 0.6) is 0 Å². The Labute approximate surface area is 411 Å². The van der Waals surface area contributed by atoms with Crippen molar-refractivity contribution in [1.29, 1.82) is 0 Å². The number of ether oxygens (including phenoxy) is 5. The molecule has 69 heavy (non-hydrogen) atoms. The number of cyclic esters (lactones) is 1. The number of Topliss-reactive ketones (excluding diaryl/α,β-unsaturated/α-hetero) is 3. The highest BCUT2D eigenvalue weighted by Crippen LogP contribution is 2.42. The van der Waals surface area contributed by atoms with Crippen LogP contribution in [0.3, 0.4) is 0 Å². The number of rotatable bonds is 9. The summed E-state index contributed by atoms with van der Waals surface area (Å²) < 4.78 is 48.1. The van der Waals surface area contributed by atoms with E-state index in [-0.39, 0.29) is 55.0 Å². The van der Waals surface area contributed by atoms with Gasteiger partial charge in [-0.05, 0) is 107 Å². The number of aliphatic hydroxyl groups excluding tert-OH is 1. The molecule has 0 aromatic carbocycles. The van der Waals surface area contributed by atoms with Crippen LogP contribution >= 0.6 is 7.37 Å². The molecule has 2 N–H and O–H groups in total. The van der Waals surface area contributed by atoms with Gasteiger partial charge in [0, 0.05) is 71.3 Å². The predicted molar refractivity (Wildman–Crippen MR) is 264 cm³/mol. The minimum atomic E-state index is -2.62. The number of esters is 1. The summed E-state index contributed by atoms with van der Waals surface area (Å²) in [5.74, 6) is -8.21. The van der Waals surface area contributed by atoms with Crippen LogP contribution in [0.25, 0.3) is 0 Å². The third-order valence-electron chi connectivity index (χ3n) is 14.6. The third kappa shape index (κ3) is 17.0. The largest absolute Gasteiger partial charge is 0.460 e. The Morgan fingerprint density at radius 3 is 2.20 bits per heavy atom. The van der Waals surface area contributed by atoms with Gasteiger partial charge in [-0.2, -0.15) is 0 Å². The third-order valence-corrected chi connectivity index (χ3v) is 15.4. The number of fused-ring (bicyclic) bond motifs is 3. The Kier molecular flexibility index (Phi) is 22.9. The van der Waals surface area contributed by atoms with Crippen molar-refractivity contribution in [1.82, 2.24) is 4.90 Å². The molecular weight excluding hydrogens is 906 g/mol. The first-order valence-electron chi connectivity index (χ1n) is 25.3. The Hall–Kier alpha value is -3.14. The molecule has 3 heterocycles. The van der Waals surface area contributed by atoms with E-state index >= 15 is 0 Å². The lowest BCUT2D eigenvalue weighted by Crippen LogP contribution is -2.61. The summed E-state index contributed by atoms with van der Waals surface area (Å²) in [6, 6.07) is -1.15. The highest BCUT2D eigenvalue weighted by Gasteiger charge is 2.53. The number of amides is 1. The molecule has 2 bridgehead atoms. The summed E-state index contributed by atoms with van der Waals surface area (Å²) in [5, 5.41) is 23.4. The van der Waals surface area contributed by atoms with Crippen molar-refractivity contribution in [3.8, 4) is 0 Å². The minimum Gasteiger partial charge on any atom is -0.460 e. The molecule has 390 valence electrons. The van der Waals surface area contributed by atoms with Gasteiger partial charge < -0.3 is 43.3 Å². The molecule has 1 saturated carbocycles. The zero-order valence-corrected chi connectivity index (χ0v) is 44.2. The number of aliphatic hydroxyl groups is 2. The molecule has 2 saturated heterocycles. The molecule has 1 aliphatic carbocycles. The van der Waals surface area contributed by atoms with Gasteiger partial charge in [-0.3, -0.25) is 23.7 Å². The molecule has 12 atom stereocenters. The Balaban J connectivity index is 1.64. The summed E-state index contributed by atoms with van der Waals surface area (Å²) in [5.41, 5.74) is 1.26. The zero-order chi connectivity index (χ0) is 51.2. The molecule has 0 radical (unpaired) electrons. The number of carbonyl (C=O) groups is 5. The van der Waals surface area contributed by atoms with Gasteiger partial charge in [0.2, 0.25) is 5.79 Å². The summed E-state index contributed by atoms with van der Waals surface area (Å²) in [6.45, 7) is 16.2. The maximum atomic E-state index is 14.4. The lowest BCUT2D eigenvalue weighted by molar-refractivity contribution is -0.265. The first-order chi connectivity index (χ1) is 32.5. The van der Waals surface area contributed by atoms with Crippen LogP contribution < -0.4 is 0 Å². The first-order valence-corrected chi connectivity index (χ1v) is 27.8. The second-order valence-corrected chi connectivity index (χ2v) is 23.5. The number of nitrogens with zero attached hydrogens (tertiary/aromatic N) is 1. The van der Waals surface area contributed by atoms with E-state index in [4.69, 9.17) is 28.2 Å². The number of allylic oxidation sites excluding steroid dienone is 6. The van der Waals surface area contributed by atoms with Gasteiger partial charge in [0.05, 0.1) is 24.4 Å². The van der Waals surface area contributed by atoms with Gasteiger partial charge in [0.1, 0.15) is 30.1 Å². The molecule has 1 amide bonds. The Morgan fingerprint density at radius 1 is 0.870 bits per heavy atom. The molecule has 3 aliphatic heterocycles. The summed E-state index contributed by atoms with van der Waals surface area (Å²) >= 11 is 0. The van der Waals surface area contributed by atoms with Crippen LogP contribution in [0, 0.1) is 29.6 Å². The summed E-state index contributed by atoms with van der Waals surface area (Å²) in [6.07, 6.45) is 12.8. The molecule has 0 spiro atoms. The van der Waals surface area contributed by atoms with Crippen molar-refractivity contribution in [3.63, 3.8) is 0 Å². The number of hydrogen-bond donors (Lipinski definition) is 2. The highest BCUT2D eigenvalue weighted by atomic mass is 31.2. The second-order valence-electron chi connectivity index (χ2n) is 20.8. The number of methoxy groups -OCH3 is 2. The van der Waals surface area contributed by atoms with Crippen molar-refractivity contribution in [2.24, 2.45) is 29.6 Å². The maximum Gasteiger partial charge on any atom is 0.329 e. The van der Waals surface area contributed by atoms with E-state index in [0.717, 1.165) is 31.3 Å². The van der Waals surface area contributed by atoms with E-state index in [2.05, 4.69) is 0 Å². The molecule has 4 aliphatic rings. The van der Waals surface area contributed by atoms with Gasteiger partial charge in [0.25, 0.3) is 11.7 Å². The number of hydrogen-bond acceptors (Lipinski definition) is 14. The number of ketones is 3. The molecule has 15 nitrogen and oxygen atoms in total. The summed E-state index contributed by atoms with van der Waals surface area (Å²) in [7, 11) is 0.331. The number of piperidine rings is 1. The lowest BCUT2D eigenvalue weighted by atomic mass is 9.85. The van der Waals surface area contributed by atoms with Crippen LogP contribution in [-0.2, 0) is 56.7 Å². The van der Waals surface area contributed by atoms with E-state index in [1.54, 1.807) is 47.3 Å². The topological polar surface area (TPSA) is 201 Å². The van der Waals surface area contributed by atoms with Gasteiger partial charge in [0.15, 0.2) is 13.2 Å². The van der Waals surface area contributed by atoms with Gasteiger partial charge >= 0.3 is 5.97 Å². The van der Waals surface area contributed by atoms with Crippen LogP contribution in [0.4, 0.5) is 0 Å². The van der Waals surface area contributed by atoms with Crippen LogP contribution in [0.15, 0.2) is 47.6 Å². The molecule has 3 fully saturated rings. The molecule has 0 aromatic heterocycles. The van der Waals surface area contributed by atoms with Crippen molar-refractivity contribution in [2.75, 3.05) is 40.7 Å². The monoisotopic (exact) mass is 990 g/mol. The maximum absolute atomic E-state index is 14.4. The fourth-order valence-corrected chi connectivity index (χ4v) is 11.0. The van der Waals surface area contributed by atoms with E-state index in [1.165, 1.54) is 12.0 Å². The first kappa shape index (κ1) is 58.4. The van der Waals surface area contributed by atoms with Crippen molar-refractivity contribution < 1.29 is 67.0 Å². The van der Waals surface area contributed by atoms with Gasteiger partial charge in [-0.25, -0.2) is 4.79 Å². The highest BCUT2D eigenvalue weighted by molar-refractivity contribution is 7.57. The lowest BCUT2D eigenvalue weighted by Gasteiger charge is -2.42. The normalized spacial score (nSPS) is 36.7. The average Bonchev–Trinajstić information content (AvgIpc) is 3.30. The Bertz CT molecular complexity index is 1920. The minimum absolute atomic E-state index is 0.0144. The SMILES string of the molecule is CO[C@H]1C[C@@H]2CC[C@@H](C)[C@@](O)(O2)C(=O)C(=O)N2CCCC[C@H]2C(=O)O[C@H]([C@H](C)CCOC2CCC(OP(C)(C)=O)CC2)CC(=O)[C@H](C)/C=C(\C)[C@@H](O)[C@@H](OC)C(=O)[C@H](C)C[C@H](C)/C=C/C=CC=C1C.